The number of pyridine rings is 1. The van der Waals surface area contributed by atoms with Crippen molar-refractivity contribution in [3.8, 4) is 0 Å². The maximum atomic E-state index is 12.1. The summed E-state index contributed by atoms with van der Waals surface area (Å²) in [6.45, 7) is 1.84. The summed E-state index contributed by atoms with van der Waals surface area (Å²) in [5.74, 6) is 0. The van der Waals surface area contributed by atoms with Gasteiger partial charge < -0.3 is 0 Å². The Morgan fingerprint density at radius 3 is 2.72 bits per heavy atom. The molecule has 0 spiro atoms. The van der Waals surface area contributed by atoms with Crippen LogP contribution >= 0.6 is 38.9 Å². The monoisotopic (exact) mass is 366 g/mol. The number of sulfonamides is 1. The molecule has 2 aromatic rings. The minimum atomic E-state index is -3.58. The summed E-state index contributed by atoms with van der Waals surface area (Å²) in [6, 6.07) is 4.60. The van der Waals surface area contributed by atoms with Crippen molar-refractivity contribution in [1.29, 1.82) is 0 Å². The number of hydrogen-bond acceptors (Lipinski definition) is 4. The number of nitrogens with one attached hydrogen (secondary N) is 1. The zero-order chi connectivity index (χ0) is 13.3. The lowest BCUT2D eigenvalue weighted by Crippen LogP contribution is -2.11. The van der Waals surface area contributed by atoms with Gasteiger partial charge in [0.25, 0.3) is 10.0 Å². The van der Waals surface area contributed by atoms with Crippen molar-refractivity contribution in [3.63, 3.8) is 0 Å². The van der Waals surface area contributed by atoms with E-state index in [4.69, 9.17) is 11.6 Å². The average Bonchev–Trinajstić information content (AvgIpc) is 2.59. The SMILES string of the molecule is Cc1cc(S(=O)(=O)Nc2ccnc(Cl)c2)sc1Br. The average molecular weight is 368 g/mol. The molecule has 96 valence electrons. The Hall–Kier alpha value is -0.630. The number of aromatic nitrogens is 1. The molecule has 0 bridgehead atoms. The largest absolute Gasteiger partial charge is 0.279 e. The Morgan fingerprint density at radius 2 is 2.17 bits per heavy atom. The summed E-state index contributed by atoms with van der Waals surface area (Å²) < 4.78 is 27.7. The van der Waals surface area contributed by atoms with Gasteiger partial charge in [-0.05, 0) is 46.6 Å². The highest BCUT2D eigenvalue weighted by Gasteiger charge is 2.18. The third-order valence-electron chi connectivity index (χ3n) is 2.08. The molecular weight excluding hydrogens is 360 g/mol. The van der Waals surface area contributed by atoms with Crippen molar-refractivity contribution >= 4 is 54.6 Å². The standard InChI is InChI=1S/C10H8BrClN2O2S2/c1-6-4-9(17-10(6)11)18(15,16)14-7-2-3-13-8(12)5-7/h2-5H,1H3,(H,13,14). The van der Waals surface area contributed by atoms with Gasteiger partial charge in [0.05, 0.1) is 9.47 Å². The van der Waals surface area contributed by atoms with E-state index in [1.54, 1.807) is 12.1 Å². The molecule has 0 aromatic carbocycles. The van der Waals surface area contributed by atoms with Crippen LogP contribution in [0.2, 0.25) is 5.15 Å². The maximum absolute atomic E-state index is 12.1. The fraction of sp³-hybridized carbons (Fsp3) is 0.100. The second-order valence-corrected chi connectivity index (χ2v) is 8.16. The van der Waals surface area contributed by atoms with E-state index >= 15 is 0 Å². The van der Waals surface area contributed by atoms with Crippen LogP contribution in [0.25, 0.3) is 0 Å². The summed E-state index contributed by atoms with van der Waals surface area (Å²) in [5.41, 5.74) is 1.27. The van der Waals surface area contributed by atoms with Crippen LogP contribution in [0.15, 0.2) is 32.4 Å². The quantitative estimate of drug-likeness (QED) is 0.842. The summed E-state index contributed by atoms with van der Waals surface area (Å²) in [5, 5.41) is 0.235. The lowest BCUT2D eigenvalue weighted by atomic mass is 10.4. The Balaban J connectivity index is 2.33. The van der Waals surface area contributed by atoms with Crippen molar-refractivity contribution in [2.75, 3.05) is 4.72 Å². The Labute approximate surface area is 122 Å². The highest BCUT2D eigenvalue weighted by Crippen LogP contribution is 2.31. The van der Waals surface area contributed by atoms with Gasteiger partial charge in [0.2, 0.25) is 0 Å². The first-order chi connectivity index (χ1) is 8.38. The van der Waals surface area contributed by atoms with Gasteiger partial charge in [-0.25, -0.2) is 13.4 Å². The highest BCUT2D eigenvalue weighted by atomic mass is 79.9. The van der Waals surface area contributed by atoms with Crippen molar-refractivity contribution in [1.82, 2.24) is 4.98 Å². The van der Waals surface area contributed by atoms with E-state index < -0.39 is 10.0 Å². The van der Waals surface area contributed by atoms with Crippen LogP contribution in [0.4, 0.5) is 5.69 Å². The zero-order valence-electron chi connectivity index (χ0n) is 9.15. The second kappa shape index (κ2) is 5.16. The summed E-state index contributed by atoms with van der Waals surface area (Å²) >= 11 is 10.2. The van der Waals surface area contributed by atoms with E-state index in [2.05, 4.69) is 25.6 Å². The van der Waals surface area contributed by atoms with Crippen LogP contribution in [-0.4, -0.2) is 13.4 Å². The van der Waals surface area contributed by atoms with Crippen molar-refractivity contribution < 1.29 is 8.42 Å². The van der Waals surface area contributed by atoms with Gasteiger partial charge in [-0.2, -0.15) is 0 Å². The number of nitrogens with zero attached hydrogens (tertiary/aromatic N) is 1. The van der Waals surface area contributed by atoms with Crippen LogP contribution in [-0.2, 0) is 10.0 Å². The lowest BCUT2D eigenvalue weighted by Gasteiger charge is -2.05. The first kappa shape index (κ1) is 13.8. The molecule has 18 heavy (non-hydrogen) atoms. The van der Waals surface area contributed by atoms with Crippen LogP contribution in [0.3, 0.4) is 0 Å². The molecule has 0 aliphatic heterocycles. The van der Waals surface area contributed by atoms with E-state index in [0.29, 0.717) is 5.69 Å². The first-order valence-corrected chi connectivity index (χ1v) is 8.26. The number of aryl methyl sites for hydroxylation is 1. The van der Waals surface area contributed by atoms with Crippen molar-refractivity contribution in [2.24, 2.45) is 0 Å². The molecule has 0 radical (unpaired) electrons. The molecule has 0 saturated carbocycles. The van der Waals surface area contributed by atoms with Crippen LogP contribution in [0.1, 0.15) is 5.56 Å². The molecule has 1 N–H and O–H groups in total. The van der Waals surface area contributed by atoms with Gasteiger partial charge in [0, 0.05) is 6.20 Å². The van der Waals surface area contributed by atoms with Gasteiger partial charge >= 0.3 is 0 Å². The molecule has 2 heterocycles. The molecular formula is C10H8BrClN2O2S2. The molecule has 2 aromatic heterocycles. The van der Waals surface area contributed by atoms with Gasteiger partial charge in [-0.15, -0.1) is 11.3 Å². The molecule has 0 fully saturated rings. The van der Waals surface area contributed by atoms with E-state index in [-0.39, 0.29) is 9.36 Å². The minimum Gasteiger partial charge on any atom is -0.279 e. The molecule has 2 rings (SSSR count). The Bertz CT molecular complexity index is 665. The molecule has 0 atom stereocenters. The molecule has 0 saturated heterocycles. The Kier molecular flexibility index (Phi) is 3.96. The van der Waals surface area contributed by atoms with Crippen LogP contribution in [0, 0.1) is 6.92 Å². The topological polar surface area (TPSA) is 59.1 Å². The Morgan fingerprint density at radius 1 is 1.44 bits per heavy atom. The number of hydrogen-bond donors (Lipinski definition) is 1. The summed E-state index contributed by atoms with van der Waals surface area (Å²) in [4.78, 5) is 3.79. The van der Waals surface area contributed by atoms with Gasteiger partial charge in [0.15, 0.2) is 0 Å². The lowest BCUT2D eigenvalue weighted by molar-refractivity contribution is 0.603. The van der Waals surface area contributed by atoms with E-state index in [9.17, 15) is 8.42 Å². The number of rotatable bonds is 3. The molecule has 0 amide bonds. The van der Waals surface area contributed by atoms with E-state index in [1.807, 2.05) is 6.92 Å². The highest BCUT2D eigenvalue weighted by molar-refractivity contribution is 9.11. The third kappa shape index (κ3) is 3.03. The normalized spacial score (nSPS) is 11.5. The zero-order valence-corrected chi connectivity index (χ0v) is 13.1. The van der Waals surface area contributed by atoms with Crippen LogP contribution < -0.4 is 4.72 Å². The second-order valence-electron chi connectivity index (χ2n) is 3.49. The first-order valence-electron chi connectivity index (χ1n) is 4.79. The van der Waals surface area contributed by atoms with Crippen LogP contribution in [0.5, 0.6) is 0 Å². The smallest absolute Gasteiger partial charge is 0.271 e. The fourth-order valence-corrected chi connectivity index (χ4v) is 4.68. The predicted octanol–water partition coefficient (Wildman–Crippen LogP) is 3.67. The number of halogens is 2. The van der Waals surface area contributed by atoms with Crippen molar-refractivity contribution in [2.45, 2.75) is 11.1 Å². The van der Waals surface area contributed by atoms with Gasteiger partial charge in [-0.1, -0.05) is 11.6 Å². The van der Waals surface area contributed by atoms with E-state index in [1.165, 1.54) is 12.3 Å². The molecule has 0 aliphatic rings. The van der Waals surface area contributed by atoms with Gasteiger partial charge in [0.1, 0.15) is 9.36 Å². The van der Waals surface area contributed by atoms with E-state index in [0.717, 1.165) is 20.7 Å². The van der Waals surface area contributed by atoms with Crippen molar-refractivity contribution in [3.05, 3.63) is 38.9 Å². The molecule has 0 unspecified atom stereocenters. The molecule has 4 nitrogen and oxygen atoms in total. The third-order valence-corrected chi connectivity index (χ3v) is 6.28. The minimum absolute atomic E-state index is 0.235. The summed E-state index contributed by atoms with van der Waals surface area (Å²) in [6.07, 6.45) is 1.44. The number of anilines is 1. The predicted molar refractivity (Wildman–Crippen MR) is 76.8 cm³/mol. The number of thiophene rings is 1. The van der Waals surface area contributed by atoms with Gasteiger partial charge in [-0.3, -0.25) is 4.72 Å². The summed E-state index contributed by atoms with van der Waals surface area (Å²) in [7, 11) is -3.58. The fourth-order valence-electron chi connectivity index (χ4n) is 1.24. The maximum Gasteiger partial charge on any atom is 0.271 e. The molecule has 0 aliphatic carbocycles. The molecule has 8 heteroatoms.